The van der Waals surface area contributed by atoms with Crippen molar-refractivity contribution in [2.24, 2.45) is 29.6 Å². The van der Waals surface area contributed by atoms with Crippen LogP contribution in [0, 0.1) is 41.2 Å². The van der Waals surface area contributed by atoms with Crippen molar-refractivity contribution in [3.8, 4) is 5.75 Å². The highest BCUT2D eigenvalue weighted by Gasteiger charge is 2.38. The van der Waals surface area contributed by atoms with E-state index < -0.39 is 11.6 Å². The van der Waals surface area contributed by atoms with Gasteiger partial charge in [-0.3, -0.25) is 0 Å². The molecule has 0 aliphatic heterocycles. The van der Waals surface area contributed by atoms with E-state index in [1.807, 2.05) is 0 Å². The summed E-state index contributed by atoms with van der Waals surface area (Å²) in [5.74, 6) is 3.29. The van der Waals surface area contributed by atoms with Gasteiger partial charge in [0, 0.05) is 0 Å². The zero-order valence-electron chi connectivity index (χ0n) is 19.5. The normalized spacial score (nSPS) is 32.7. The van der Waals surface area contributed by atoms with Gasteiger partial charge in [-0.2, -0.15) is 0 Å². The van der Waals surface area contributed by atoms with Crippen molar-refractivity contribution >= 4 is 0 Å². The minimum absolute atomic E-state index is 0.108. The molecule has 0 bridgehead atoms. The Labute approximate surface area is 193 Å². The highest BCUT2D eigenvalue weighted by Crippen LogP contribution is 2.50. The topological polar surface area (TPSA) is 9.23 Å². The van der Waals surface area contributed by atoms with Gasteiger partial charge in [0.2, 0.25) is 0 Å². The van der Waals surface area contributed by atoms with Crippen LogP contribution in [0.5, 0.6) is 5.75 Å². The maximum Gasteiger partial charge on any atom is 0.191 e. The third-order valence-electron chi connectivity index (χ3n) is 8.82. The average Bonchev–Trinajstić information content (AvgIpc) is 2.82. The summed E-state index contributed by atoms with van der Waals surface area (Å²) in [6.45, 7) is 7.53. The Bertz CT molecular complexity index is 756. The monoisotopic (exact) mass is 442 g/mol. The molecule has 0 heterocycles. The van der Waals surface area contributed by atoms with Gasteiger partial charge in [-0.15, -0.1) is 6.58 Å². The van der Waals surface area contributed by atoms with Gasteiger partial charge in [-0.05, 0) is 124 Å². The highest BCUT2D eigenvalue weighted by molar-refractivity contribution is 5.33. The molecule has 3 saturated carbocycles. The Morgan fingerprint density at radius 3 is 2.03 bits per heavy atom. The fourth-order valence-electron chi connectivity index (χ4n) is 7.09. The fourth-order valence-corrected chi connectivity index (χ4v) is 7.09. The third-order valence-corrected chi connectivity index (χ3v) is 8.82. The molecule has 3 heteroatoms. The van der Waals surface area contributed by atoms with Crippen molar-refractivity contribution in [3.05, 3.63) is 54.6 Å². The molecule has 0 radical (unpaired) electrons. The van der Waals surface area contributed by atoms with E-state index in [4.69, 9.17) is 4.74 Å². The van der Waals surface area contributed by atoms with E-state index >= 15 is 0 Å². The van der Waals surface area contributed by atoms with Crippen molar-refractivity contribution in [1.82, 2.24) is 0 Å². The van der Waals surface area contributed by atoms with Gasteiger partial charge < -0.3 is 4.74 Å². The molecule has 1 nitrogen and oxygen atoms in total. The number of benzene rings is 1. The standard InChI is InChI=1S/C29H40F2O/c1-3-5-6-20-7-8-25-17-24(14-13-23(25)16-20)21-9-11-22(12-10-21)26-18-27(30)29(28(31)19-26)32-15-4-2/h3-4,18-25H,1-2,5-17H2. The van der Waals surface area contributed by atoms with E-state index in [1.165, 1.54) is 82.4 Å². The maximum atomic E-state index is 14.4. The molecular weight excluding hydrogens is 402 g/mol. The molecule has 3 aliphatic rings. The van der Waals surface area contributed by atoms with Crippen molar-refractivity contribution < 1.29 is 13.5 Å². The Morgan fingerprint density at radius 2 is 1.38 bits per heavy atom. The number of halogens is 2. The minimum Gasteiger partial charge on any atom is -0.483 e. The van der Waals surface area contributed by atoms with Crippen LogP contribution in [0.4, 0.5) is 8.78 Å². The van der Waals surface area contributed by atoms with Crippen LogP contribution in [0.3, 0.4) is 0 Å². The van der Waals surface area contributed by atoms with Crippen LogP contribution < -0.4 is 4.74 Å². The van der Waals surface area contributed by atoms with Crippen molar-refractivity contribution in [3.63, 3.8) is 0 Å². The molecule has 1 aromatic carbocycles. The van der Waals surface area contributed by atoms with E-state index in [9.17, 15) is 8.78 Å². The van der Waals surface area contributed by atoms with Crippen molar-refractivity contribution in [1.29, 1.82) is 0 Å². The lowest BCUT2D eigenvalue weighted by Crippen LogP contribution is -2.34. The number of allylic oxidation sites excluding steroid dienone is 1. The Balaban J connectivity index is 1.28. The van der Waals surface area contributed by atoms with Crippen LogP contribution in [0.25, 0.3) is 0 Å². The lowest BCUT2D eigenvalue weighted by atomic mass is 9.60. The van der Waals surface area contributed by atoms with Gasteiger partial charge in [0.25, 0.3) is 0 Å². The van der Waals surface area contributed by atoms with Gasteiger partial charge in [-0.1, -0.05) is 25.2 Å². The third kappa shape index (κ3) is 5.46. The quantitative estimate of drug-likeness (QED) is 0.366. The summed E-state index contributed by atoms with van der Waals surface area (Å²) < 4.78 is 34.0. The first-order chi connectivity index (χ1) is 15.6. The van der Waals surface area contributed by atoms with Crippen LogP contribution in [0.1, 0.15) is 88.5 Å². The number of rotatable bonds is 8. The maximum absolute atomic E-state index is 14.4. The average molecular weight is 443 g/mol. The number of hydrogen-bond donors (Lipinski definition) is 0. The van der Waals surface area contributed by atoms with E-state index in [2.05, 4.69) is 19.2 Å². The van der Waals surface area contributed by atoms with Gasteiger partial charge in [-0.25, -0.2) is 8.78 Å². The molecule has 4 rings (SSSR count). The first-order valence-corrected chi connectivity index (χ1v) is 12.9. The fraction of sp³-hybridized carbons (Fsp3) is 0.655. The lowest BCUT2D eigenvalue weighted by molar-refractivity contribution is 0.0621. The van der Waals surface area contributed by atoms with Crippen LogP contribution in [-0.2, 0) is 0 Å². The number of ether oxygens (including phenoxy) is 1. The first-order valence-electron chi connectivity index (χ1n) is 12.9. The molecular formula is C29H40F2O. The van der Waals surface area contributed by atoms with Gasteiger partial charge >= 0.3 is 0 Å². The highest BCUT2D eigenvalue weighted by atomic mass is 19.1. The number of fused-ring (bicyclic) bond motifs is 1. The Hall–Kier alpha value is -1.64. The van der Waals surface area contributed by atoms with E-state index in [0.717, 1.165) is 48.0 Å². The predicted octanol–water partition coefficient (Wildman–Crippen LogP) is 8.60. The van der Waals surface area contributed by atoms with Crippen LogP contribution in [-0.4, -0.2) is 6.61 Å². The summed E-state index contributed by atoms with van der Waals surface area (Å²) >= 11 is 0. The zero-order chi connectivity index (χ0) is 22.5. The van der Waals surface area contributed by atoms with Crippen LogP contribution in [0.15, 0.2) is 37.4 Å². The summed E-state index contributed by atoms with van der Waals surface area (Å²) in [6.07, 6.45) is 19.1. The van der Waals surface area contributed by atoms with Crippen molar-refractivity contribution in [2.45, 2.75) is 83.0 Å². The first kappa shape index (κ1) is 23.5. The van der Waals surface area contributed by atoms with Crippen LogP contribution >= 0.6 is 0 Å². The zero-order valence-corrected chi connectivity index (χ0v) is 19.5. The molecule has 4 unspecified atom stereocenters. The SMILES string of the molecule is C=CCCC1CCC2CC(C3CCC(c4cc(F)c(OCC=C)c(F)c4)CC3)CCC2C1. The minimum atomic E-state index is -0.592. The van der Waals surface area contributed by atoms with E-state index in [-0.39, 0.29) is 18.3 Å². The summed E-state index contributed by atoms with van der Waals surface area (Å²) in [5.41, 5.74) is 0.797. The second kappa shape index (κ2) is 11.0. The van der Waals surface area contributed by atoms with Gasteiger partial charge in [0.05, 0.1) is 0 Å². The molecule has 0 amide bonds. The second-order valence-electron chi connectivity index (χ2n) is 10.7. The van der Waals surface area contributed by atoms with E-state index in [1.54, 1.807) is 0 Å². The molecule has 0 spiro atoms. The molecule has 1 aromatic rings. The summed E-state index contributed by atoms with van der Waals surface area (Å²) in [4.78, 5) is 0. The smallest absolute Gasteiger partial charge is 0.191 e. The number of hydrogen-bond acceptors (Lipinski definition) is 1. The van der Waals surface area contributed by atoms with Crippen molar-refractivity contribution in [2.75, 3.05) is 6.61 Å². The van der Waals surface area contributed by atoms with Gasteiger partial charge in [0.1, 0.15) is 6.61 Å². The molecule has 176 valence electrons. The molecule has 4 atom stereocenters. The summed E-state index contributed by atoms with van der Waals surface area (Å²) in [7, 11) is 0. The Morgan fingerprint density at radius 1 is 0.781 bits per heavy atom. The molecule has 0 N–H and O–H groups in total. The molecule has 0 aromatic heterocycles. The molecule has 3 aliphatic carbocycles. The lowest BCUT2D eigenvalue weighted by Gasteiger charge is -2.45. The Kier molecular flexibility index (Phi) is 8.07. The summed E-state index contributed by atoms with van der Waals surface area (Å²) in [6, 6.07) is 2.98. The molecule has 32 heavy (non-hydrogen) atoms. The summed E-state index contributed by atoms with van der Waals surface area (Å²) in [5, 5.41) is 0. The molecule has 3 fully saturated rings. The molecule has 0 saturated heterocycles. The second-order valence-corrected chi connectivity index (χ2v) is 10.7. The predicted molar refractivity (Wildman–Crippen MR) is 128 cm³/mol. The largest absolute Gasteiger partial charge is 0.483 e. The van der Waals surface area contributed by atoms with E-state index in [0.29, 0.717) is 0 Å². The van der Waals surface area contributed by atoms with Crippen LogP contribution in [0.2, 0.25) is 0 Å². The van der Waals surface area contributed by atoms with Gasteiger partial charge in [0.15, 0.2) is 17.4 Å².